The third kappa shape index (κ3) is 4.10. The van der Waals surface area contributed by atoms with E-state index >= 15 is 0 Å². The number of aromatic nitrogens is 2. The Balaban J connectivity index is 3.14. The van der Waals surface area contributed by atoms with Gasteiger partial charge < -0.3 is 5.11 Å². The van der Waals surface area contributed by atoms with Crippen LogP contribution in [0.15, 0.2) is 4.79 Å². The molecule has 0 saturated carbocycles. The van der Waals surface area contributed by atoms with E-state index in [0.29, 0.717) is 12.1 Å². The maximum absolute atomic E-state index is 12.1. The standard InChI is InChI=1S/C14H22N2O3S/c1-9(7-8-20-4)16-11(3)12(5-6-13(17)18)10(2)15-14(16)19/h9H,5-8H2,1-4H3,(H,17,18). The molecule has 20 heavy (non-hydrogen) atoms. The fourth-order valence-corrected chi connectivity index (χ4v) is 2.92. The predicted octanol–water partition coefficient (Wildman–Crippen LogP) is 2.19. The summed E-state index contributed by atoms with van der Waals surface area (Å²) in [4.78, 5) is 26.9. The molecule has 0 spiro atoms. The summed E-state index contributed by atoms with van der Waals surface area (Å²) >= 11 is 1.74. The van der Waals surface area contributed by atoms with Crippen molar-refractivity contribution >= 4 is 17.7 Å². The normalized spacial score (nSPS) is 12.4. The van der Waals surface area contributed by atoms with Crippen molar-refractivity contribution in [3.63, 3.8) is 0 Å². The SMILES string of the molecule is CSCCC(C)n1c(C)c(CCC(=O)O)c(C)nc1=O. The number of nitrogens with zero attached hydrogens (tertiary/aromatic N) is 2. The van der Waals surface area contributed by atoms with E-state index in [1.165, 1.54) is 0 Å². The van der Waals surface area contributed by atoms with Crippen LogP contribution in [0.4, 0.5) is 0 Å². The van der Waals surface area contributed by atoms with Crippen molar-refractivity contribution < 1.29 is 9.90 Å². The average Bonchev–Trinajstić information content (AvgIpc) is 2.35. The van der Waals surface area contributed by atoms with Crippen LogP contribution in [0.1, 0.15) is 42.8 Å². The van der Waals surface area contributed by atoms with Gasteiger partial charge in [0.15, 0.2) is 0 Å². The smallest absolute Gasteiger partial charge is 0.348 e. The summed E-state index contributed by atoms with van der Waals surface area (Å²) in [6, 6.07) is 0.0756. The quantitative estimate of drug-likeness (QED) is 0.835. The summed E-state index contributed by atoms with van der Waals surface area (Å²) in [5, 5.41) is 8.81. The third-order valence-electron chi connectivity index (χ3n) is 3.47. The molecule has 0 bridgehead atoms. The molecule has 1 aromatic heterocycles. The number of aryl methyl sites for hydroxylation is 1. The minimum Gasteiger partial charge on any atom is -0.481 e. The van der Waals surface area contributed by atoms with Crippen LogP contribution in [0.2, 0.25) is 0 Å². The first-order valence-corrected chi connectivity index (χ1v) is 8.07. The fourth-order valence-electron chi connectivity index (χ4n) is 2.35. The zero-order valence-electron chi connectivity index (χ0n) is 12.5. The van der Waals surface area contributed by atoms with Crippen LogP contribution < -0.4 is 5.69 Å². The van der Waals surface area contributed by atoms with Gasteiger partial charge in [-0.15, -0.1) is 0 Å². The van der Waals surface area contributed by atoms with Gasteiger partial charge >= 0.3 is 11.7 Å². The molecule has 1 unspecified atom stereocenters. The Morgan fingerprint density at radius 1 is 1.45 bits per heavy atom. The van der Waals surface area contributed by atoms with Crippen molar-refractivity contribution in [2.75, 3.05) is 12.0 Å². The summed E-state index contributed by atoms with van der Waals surface area (Å²) in [6.45, 7) is 5.65. The molecule has 0 aromatic carbocycles. The summed E-state index contributed by atoms with van der Waals surface area (Å²) in [5.74, 6) is 0.141. The Morgan fingerprint density at radius 3 is 2.65 bits per heavy atom. The van der Waals surface area contributed by atoms with E-state index in [9.17, 15) is 9.59 Å². The Bertz CT molecular complexity index is 540. The number of carboxylic acids is 1. The highest BCUT2D eigenvalue weighted by molar-refractivity contribution is 7.98. The van der Waals surface area contributed by atoms with Crippen LogP contribution in [-0.2, 0) is 11.2 Å². The number of thioether (sulfide) groups is 1. The minimum absolute atomic E-state index is 0.0563. The molecule has 1 N–H and O–H groups in total. The first kappa shape index (κ1) is 16.8. The van der Waals surface area contributed by atoms with E-state index < -0.39 is 5.97 Å². The molecule has 0 aliphatic heterocycles. The van der Waals surface area contributed by atoms with Crippen molar-refractivity contribution in [2.45, 2.75) is 46.1 Å². The Morgan fingerprint density at radius 2 is 2.10 bits per heavy atom. The number of hydrogen-bond acceptors (Lipinski definition) is 4. The maximum Gasteiger partial charge on any atom is 0.348 e. The lowest BCUT2D eigenvalue weighted by molar-refractivity contribution is -0.136. The molecule has 6 heteroatoms. The van der Waals surface area contributed by atoms with Crippen molar-refractivity contribution in [1.29, 1.82) is 0 Å². The first-order valence-electron chi connectivity index (χ1n) is 6.67. The van der Waals surface area contributed by atoms with Crippen molar-refractivity contribution in [1.82, 2.24) is 9.55 Å². The van der Waals surface area contributed by atoms with Crippen molar-refractivity contribution in [3.05, 3.63) is 27.4 Å². The van der Waals surface area contributed by atoms with Crippen LogP contribution in [0.5, 0.6) is 0 Å². The predicted molar refractivity (Wildman–Crippen MR) is 81.6 cm³/mol. The van der Waals surface area contributed by atoms with Gasteiger partial charge in [-0.1, -0.05) is 0 Å². The second-order valence-corrected chi connectivity index (χ2v) is 5.92. The number of hydrogen-bond donors (Lipinski definition) is 1. The highest BCUT2D eigenvalue weighted by atomic mass is 32.2. The van der Waals surface area contributed by atoms with Crippen LogP contribution in [0, 0.1) is 13.8 Å². The highest BCUT2D eigenvalue weighted by Gasteiger charge is 2.16. The maximum atomic E-state index is 12.1. The average molecular weight is 298 g/mol. The van der Waals surface area contributed by atoms with Gasteiger partial charge in [0.05, 0.1) is 0 Å². The zero-order valence-corrected chi connectivity index (χ0v) is 13.3. The Labute approximate surface area is 123 Å². The summed E-state index contributed by atoms with van der Waals surface area (Å²) < 4.78 is 1.69. The third-order valence-corrected chi connectivity index (χ3v) is 4.12. The molecule has 5 nitrogen and oxygen atoms in total. The largest absolute Gasteiger partial charge is 0.481 e. The Hall–Kier alpha value is -1.30. The van der Waals surface area contributed by atoms with Gasteiger partial charge in [-0.2, -0.15) is 16.7 Å². The van der Waals surface area contributed by atoms with Crippen molar-refractivity contribution in [2.24, 2.45) is 0 Å². The van der Waals surface area contributed by atoms with Crippen LogP contribution >= 0.6 is 11.8 Å². The van der Waals surface area contributed by atoms with Gasteiger partial charge in [-0.3, -0.25) is 9.36 Å². The molecule has 0 amide bonds. The van der Waals surface area contributed by atoms with Gasteiger partial charge in [0.25, 0.3) is 0 Å². The lowest BCUT2D eigenvalue weighted by Crippen LogP contribution is -2.30. The monoisotopic (exact) mass is 298 g/mol. The van der Waals surface area contributed by atoms with E-state index in [0.717, 1.165) is 23.4 Å². The first-order chi connectivity index (χ1) is 9.38. The summed E-state index contributed by atoms with van der Waals surface area (Å²) in [7, 11) is 0. The molecular weight excluding hydrogens is 276 g/mol. The number of carboxylic acid groups (broad SMARTS) is 1. The van der Waals surface area contributed by atoms with E-state index in [1.54, 1.807) is 23.3 Å². The lowest BCUT2D eigenvalue weighted by Gasteiger charge is -2.20. The van der Waals surface area contributed by atoms with E-state index in [4.69, 9.17) is 5.11 Å². The number of aliphatic carboxylic acids is 1. The van der Waals surface area contributed by atoms with Gasteiger partial charge in [0, 0.05) is 23.9 Å². The molecule has 0 radical (unpaired) electrons. The zero-order chi connectivity index (χ0) is 15.3. The molecule has 1 heterocycles. The molecule has 112 valence electrons. The summed E-state index contributed by atoms with van der Waals surface area (Å²) in [6.07, 6.45) is 3.40. The molecule has 0 saturated heterocycles. The molecule has 1 atom stereocenters. The van der Waals surface area contributed by atoms with Crippen LogP contribution in [0.3, 0.4) is 0 Å². The topological polar surface area (TPSA) is 72.2 Å². The van der Waals surface area contributed by atoms with E-state index in [1.807, 2.05) is 20.1 Å². The number of carbonyl (C=O) groups is 1. The van der Waals surface area contributed by atoms with Crippen LogP contribution in [-0.4, -0.2) is 32.6 Å². The highest BCUT2D eigenvalue weighted by Crippen LogP contribution is 2.18. The fraction of sp³-hybridized carbons (Fsp3) is 0.643. The van der Waals surface area contributed by atoms with Gasteiger partial charge in [-0.25, -0.2) is 4.79 Å². The Kier molecular flexibility index (Phi) is 6.26. The minimum atomic E-state index is -0.836. The molecule has 0 aliphatic carbocycles. The molecule has 1 aromatic rings. The number of rotatable bonds is 7. The van der Waals surface area contributed by atoms with E-state index in [-0.39, 0.29) is 18.2 Å². The molecule has 1 rings (SSSR count). The lowest BCUT2D eigenvalue weighted by atomic mass is 10.1. The van der Waals surface area contributed by atoms with Gasteiger partial charge in [-0.05, 0) is 51.2 Å². The molecular formula is C14H22N2O3S. The molecule has 0 aliphatic rings. The second kappa shape index (κ2) is 7.47. The van der Waals surface area contributed by atoms with Gasteiger partial charge in [0.1, 0.15) is 0 Å². The summed E-state index contributed by atoms with van der Waals surface area (Å²) in [5.41, 5.74) is 2.12. The second-order valence-electron chi connectivity index (χ2n) is 4.94. The van der Waals surface area contributed by atoms with Gasteiger partial charge in [0.2, 0.25) is 0 Å². The van der Waals surface area contributed by atoms with E-state index in [2.05, 4.69) is 4.98 Å². The van der Waals surface area contributed by atoms with Crippen molar-refractivity contribution in [3.8, 4) is 0 Å². The van der Waals surface area contributed by atoms with Crippen LogP contribution in [0.25, 0.3) is 0 Å². The molecule has 0 fully saturated rings.